The summed E-state index contributed by atoms with van der Waals surface area (Å²) in [5.74, 6) is -0.0117. The van der Waals surface area contributed by atoms with Crippen LogP contribution in [0.3, 0.4) is 0 Å². The molecule has 0 spiro atoms. The van der Waals surface area contributed by atoms with E-state index in [1.807, 2.05) is 0 Å². The maximum Gasteiger partial charge on any atom is 0.224 e. The summed E-state index contributed by atoms with van der Waals surface area (Å²) in [6.07, 6.45) is 3.13. The molecule has 0 fully saturated rings. The number of amides is 2. The summed E-state index contributed by atoms with van der Waals surface area (Å²) in [5, 5.41) is 6.19. The van der Waals surface area contributed by atoms with Crippen LogP contribution < -0.4 is 10.6 Å². The largest absolute Gasteiger partial charge is 0.356 e. The van der Waals surface area contributed by atoms with Crippen molar-refractivity contribution in [3.05, 3.63) is 29.3 Å². The first-order valence-corrected chi connectivity index (χ1v) is 6.75. The van der Waals surface area contributed by atoms with E-state index in [0.29, 0.717) is 18.0 Å². The van der Waals surface area contributed by atoms with E-state index < -0.39 is 0 Å². The van der Waals surface area contributed by atoms with E-state index in [2.05, 4.69) is 10.6 Å². The monoisotopic (exact) mass is 282 g/mol. The topological polar surface area (TPSA) is 58.2 Å². The van der Waals surface area contributed by atoms with Gasteiger partial charge in [0, 0.05) is 30.6 Å². The number of carbonyl (C=O) groups is 2. The number of hydrogen-bond acceptors (Lipinski definition) is 2. The Kier molecular flexibility index (Phi) is 6.97. The Bertz CT molecular complexity index is 418. The Labute approximate surface area is 118 Å². The number of anilines is 1. The number of benzene rings is 1. The quantitative estimate of drug-likeness (QED) is 0.756. The second-order valence-electron chi connectivity index (χ2n) is 4.35. The van der Waals surface area contributed by atoms with Gasteiger partial charge in [0.1, 0.15) is 0 Å². The standard InChI is InChI=1S/C14H19ClN2O2/c1-11(18)16-10-4-2-3-5-14(19)17-13-8-6-12(15)7-9-13/h6-9H,2-5,10H2,1H3,(H,16,18)(H,17,19). The van der Waals surface area contributed by atoms with Crippen LogP contribution in [0.2, 0.25) is 5.02 Å². The third-order valence-corrected chi connectivity index (χ3v) is 2.83. The first-order chi connectivity index (χ1) is 9.08. The highest BCUT2D eigenvalue weighted by Crippen LogP contribution is 2.13. The maximum absolute atomic E-state index is 11.6. The van der Waals surface area contributed by atoms with E-state index in [9.17, 15) is 9.59 Å². The molecule has 0 heterocycles. The third kappa shape index (κ3) is 7.47. The van der Waals surface area contributed by atoms with E-state index in [1.165, 1.54) is 6.92 Å². The Balaban J connectivity index is 2.11. The minimum Gasteiger partial charge on any atom is -0.356 e. The molecule has 5 heteroatoms. The minimum atomic E-state index is -0.0134. The molecule has 0 bridgehead atoms. The molecule has 0 saturated carbocycles. The van der Waals surface area contributed by atoms with E-state index in [-0.39, 0.29) is 11.8 Å². The molecular weight excluding hydrogens is 264 g/mol. The molecule has 0 aliphatic carbocycles. The van der Waals surface area contributed by atoms with Crippen molar-refractivity contribution < 1.29 is 9.59 Å². The van der Waals surface area contributed by atoms with Crippen LogP contribution in [0.5, 0.6) is 0 Å². The molecule has 19 heavy (non-hydrogen) atoms. The summed E-state index contributed by atoms with van der Waals surface area (Å²) >= 11 is 5.76. The van der Waals surface area contributed by atoms with Crippen molar-refractivity contribution in [2.75, 3.05) is 11.9 Å². The van der Waals surface area contributed by atoms with E-state index >= 15 is 0 Å². The SMILES string of the molecule is CC(=O)NCCCCCC(=O)Nc1ccc(Cl)cc1. The van der Waals surface area contributed by atoms with E-state index in [1.54, 1.807) is 24.3 Å². The van der Waals surface area contributed by atoms with Gasteiger partial charge in [-0.3, -0.25) is 9.59 Å². The molecule has 2 N–H and O–H groups in total. The summed E-state index contributed by atoms with van der Waals surface area (Å²) in [4.78, 5) is 22.3. The predicted molar refractivity (Wildman–Crippen MR) is 77.2 cm³/mol. The number of hydrogen-bond donors (Lipinski definition) is 2. The fraction of sp³-hybridized carbons (Fsp3) is 0.429. The molecule has 0 atom stereocenters. The van der Waals surface area contributed by atoms with Gasteiger partial charge in [0.05, 0.1) is 0 Å². The van der Waals surface area contributed by atoms with Crippen molar-refractivity contribution >= 4 is 29.1 Å². The Morgan fingerprint density at radius 2 is 1.79 bits per heavy atom. The Morgan fingerprint density at radius 1 is 1.11 bits per heavy atom. The molecule has 0 unspecified atom stereocenters. The highest BCUT2D eigenvalue weighted by atomic mass is 35.5. The van der Waals surface area contributed by atoms with Crippen LogP contribution in [0.15, 0.2) is 24.3 Å². The van der Waals surface area contributed by atoms with Gasteiger partial charge in [-0.15, -0.1) is 0 Å². The first kappa shape index (κ1) is 15.5. The lowest BCUT2D eigenvalue weighted by Gasteiger charge is -2.05. The van der Waals surface area contributed by atoms with Crippen LogP contribution in [0, 0.1) is 0 Å². The second-order valence-corrected chi connectivity index (χ2v) is 4.79. The lowest BCUT2D eigenvalue weighted by Crippen LogP contribution is -2.20. The fourth-order valence-electron chi connectivity index (χ4n) is 1.61. The molecule has 0 aromatic heterocycles. The molecule has 4 nitrogen and oxygen atoms in total. The molecule has 104 valence electrons. The van der Waals surface area contributed by atoms with Gasteiger partial charge in [-0.25, -0.2) is 0 Å². The van der Waals surface area contributed by atoms with Crippen LogP contribution in [-0.4, -0.2) is 18.4 Å². The molecule has 0 radical (unpaired) electrons. The number of unbranched alkanes of at least 4 members (excludes halogenated alkanes) is 2. The molecular formula is C14H19ClN2O2. The number of halogens is 1. The van der Waals surface area contributed by atoms with Gasteiger partial charge in [-0.1, -0.05) is 18.0 Å². The zero-order valence-corrected chi connectivity index (χ0v) is 11.8. The van der Waals surface area contributed by atoms with Crippen molar-refractivity contribution in [3.8, 4) is 0 Å². The number of nitrogens with one attached hydrogen (secondary N) is 2. The highest BCUT2D eigenvalue weighted by molar-refractivity contribution is 6.30. The fourth-order valence-corrected chi connectivity index (χ4v) is 1.73. The normalized spacial score (nSPS) is 10.0. The number of rotatable bonds is 7. The van der Waals surface area contributed by atoms with Gasteiger partial charge in [0.25, 0.3) is 0 Å². The first-order valence-electron chi connectivity index (χ1n) is 6.38. The summed E-state index contributed by atoms with van der Waals surface area (Å²) in [7, 11) is 0. The van der Waals surface area contributed by atoms with Crippen LogP contribution in [0.25, 0.3) is 0 Å². The number of carbonyl (C=O) groups excluding carboxylic acids is 2. The molecule has 1 aromatic carbocycles. The highest BCUT2D eigenvalue weighted by Gasteiger charge is 2.02. The summed E-state index contributed by atoms with van der Waals surface area (Å²) < 4.78 is 0. The van der Waals surface area contributed by atoms with Crippen LogP contribution in [-0.2, 0) is 9.59 Å². The average molecular weight is 283 g/mol. The molecule has 0 aliphatic heterocycles. The molecule has 1 rings (SSSR count). The van der Waals surface area contributed by atoms with Crippen molar-refractivity contribution in [1.29, 1.82) is 0 Å². The van der Waals surface area contributed by atoms with Gasteiger partial charge >= 0.3 is 0 Å². The van der Waals surface area contributed by atoms with Gasteiger partial charge in [0.15, 0.2) is 0 Å². The molecule has 2 amide bonds. The third-order valence-electron chi connectivity index (χ3n) is 2.58. The summed E-state index contributed by atoms with van der Waals surface area (Å²) in [6, 6.07) is 7.03. The van der Waals surface area contributed by atoms with Gasteiger partial charge in [-0.2, -0.15) is 0 Å². The molecule has 0 saturated heterocycles. The van der Waals surface area contributed by atoms with E-state index in [0.717, 1.165) is 24.9 Å². The van der Waals surface area contributed by atoms with Crippen LogP contribution >= 0.6 is 11.6 Å². The molecule has 0 aliphatic rings. The zero-order chi connectivity index (χ0) is 14.1. The summed E-state index contributed by atoms with van der Waals surface area (Å²) in [6.45, 7) is 2.17. The van der Waals surface area contributed by atoms with Crippen molar-refractivity contribution in [2.45, 2.75) is 32.6 Å². The van der Waals surface area contributed by atoms with Crippen molar-refractivity contribution in [2.24, 2.45) is 0 Å². The van der Waals surface area contributed by atoms with E-state index in [4.69, 9.17) is 11.6 Å². The van der Waals surface area contributed by atoms with Crippen molar-refractivity contribution in [1.82, 2.24) is 5.32 Å². The maximum atomic E-state index is 11.6. The average Bonchev–Trinajstić information content (AvgIpc) is 2.36. The van der Waals surface area contributed by atoms with Gasteiger partial charge < -0.3 is 10.6 Å². The smallest absolute Gasteiger partial charge is 0.224 e. The minimum absolute atomic E-state index is 0.00171. The lowest BCUT2D eigenvalue weighted by molar-refractivity contribution is -0.119. The predicted octanol–water partition coefficient (Wildman–Crippen LogP) is 2.98. The Morgan fingerprint density at radius 3 is 2.42 bits per heavy atom. The lowest BCUT2D eigenvalue weighted by atomic mass is 10.2. The Hall–Kier alpha value is -1.55. The van der Waals surface area contributed by atoms with Gasteiger partial charge in [0.2, 0.25) is 11.8 Å². The second kappa shape index (κ2) is 8.53. The molecule has 1 aromatic rings. The summed E-state index contributed by atoms with van der Waals surface area (Å²) in [5.41, 5.74) is 0.757. The van der Waals surface area contributed by atoms with Crippen LogP contribution in [0.1, 0.15) is 32.6 Å². The zero-order valence-electron chi connectivity index (χ0n) is 11.0. The van der Waals surface area contributed by atoms with Crippen molar-refractivity contribution in [3.63, 3.8) is 0 Å². The van der Waals surface area contributed by atoms with Gasteiger partial charge in [-0.05, 0) is 37.1 Å². The van der Waals surface area contributed by atoms with Crippen LogP contribution in [0.4, 0.5) is 5.69 Å².